The van der Waals surface area contributed by atoms with Gasteiger partial charge in [0, 0.05) is 28.0 Å². The fourth-order valence-corrected chi connectivity index (χ4v) is 4.12. The van der Waals surface area contributed by atoms with E-state index in [1.165, 1.54) is 0 Å². The number of nitrogens with zero attached hydrogens (tertiary/aromatic N) is 2. The van der Waals surface area contributed by atoms with E-state index in [1.54, 1.807) is 18.2 Å². The number of nitrogens with two attached hydrogens (primary N) is 1. The molecule has 6 nitrogen and oxygen atoms in total. The molecular formula is C29H25N5O. The van der Waals surface area contributed by atoms with Crippen molar-refractivity contribution in [2.45, 2.75) is 13.8 Å². The van der Waals surface area contributed by atoms with E-state index in [4.69, 9.17) is 10.7 Å². The molecule has 0 aliphatic rings. The number of hydrogen-bond donors (Lipinski definition) is 3. The third kappa shape index (κ3) is 4.54. The number of aryl methyl sites for hydroxylation is 2. The van der Waals surface area contributed by atoms with Crippen molar-refractivity contribution in [1.29, 1.82) is 0 Å². The van der Waals surface area contributed by atoms with Gasteiger partial charge in [-0.05, 0) is 49.2 Å². The molecular weight excluding hydrogens is 434 g/mol. The Balaban J connectivity index is 1.44. The number of nitrogens with one attached hydrogen (secondary N) is 2. The minimum absolute atomic E-state index is 0.250. The van der Waals surface area contributed by atoms with Gasteiger partial charge < -0.3 is 16.4 Å². The van der Waals surface area contributed by atoms with Gasteiger partial charge in [-0.2, -0.15) is 0 Å². The van der Waals surface area contributed by atoms with E-state index in [-0.39, 0.29) is 5.91 Å². The van der Waals surface area contributed by atoms with Gasteiger partial charge in [-0.1, -0.05) is 66.7 Å². The average molecular weight is 460 g/mol. The highest BCUT2D eigenvalue weighted by Gasteiger charge is 2.14. The van der Waals surface area contributed by atoms with Gasteiger partial charge >= 0.3 is 0 Å². The van der Waals surface area contributed by atoms with Gasteiger partial charge in [-0.15, -0.1) is 0 Å². The highest BCUT2D eigenvalue weighted by Crippen LogP contribution is 2.29. The standard InChI is InChI=1S/C29H25N5O/c1-18-9-8-10-19(2)26(18)33-28(35)22-16-15-21(17-24(22)30)31-29-32-25-14-7-6-13-23(25)27(34-29)20-11-4-3-5-12-20/h3-17H,30H2,1-2H3,(H,33,35)(H,31,32,34). The SMILES string of the molecule is Cc1cccc(C)c1NC(=O)c1ccc(Nc2nc(-c3ccccc3)c3ccccc3n2)cc1N. The number of anilines is 4. The van der Waals surface area contributed by atoms with E-state index in [2.05, 4.69) is 15.6 Å². The van der Waals surface area contributed by atoms with Gasteiger partial charge in [-0.3, -0.25) is 4.79 Å². The third-order valence-electron chi connectivity index (χ3n) is 5.92. The lowest BCUT2D eigenvalue weighted by Gasteiger charge is -2.14. The normalized spacial score (nSPS) is 10.8. The van der Waals surface area contributed by atoms with Crippen molar-refractivity contribution in [3.8, 4) is 11.3 Å². The number of carbonyl (C=O) groups is 1. The van der Waals surface area contributed by atoms with E-state index in [9.17, 15) is 4.79 Å². The Labute approximate surface area is 203 Å². The van der Waals surface area contributed by atoms with Crippen LogP contribution in [0.15, 0.2) is 91.0 Å². The Morgan fingerprint density at radius 2 is 1.51 bits per heavy atom. The number of benzene rings is 4. The molecule has 1 heterocycles. The molecule has 0 fully saturated rings. The summed E-state index contributed by atoms with van der Waals surface area (Å²) in [6, 6.07) is 29.1. The lowest BCUT2D eigenvalue weighted by molar-refractivity contribution is 0.102. The number of nitrogen functional groups attached to an aromatic ring is 1. The molecule has 172 valence electrons. The summed E-state index contributed by atoms with van der Waals surface area (Å²) in [4.78, 5) is 22.4. The molecule has 1 aromatic heterocycles. The van der Waals surface area contributed by atoms with Gasteiger partial charge in [0.15, 0.2) is 0 Å². The smallest absolute Gasteiger partial charge is 0.257 e. The van der Waals surface area contributed by atoms with Crippen LogP contribution in [0.3, 0.4) is 0 Å². The number of rotatable bonds is 5. The Bertz CT molecular complexity index is 1530. The molecule has 4 aromatic carbocycles. The third-order valence-corrected chi connectivity index (χ3v) is 5.92. The summed E-state index contributed by atoms with van der Waals surface area (Å²) in [5, 5.41) is 7.21. The van der Waals surface area contributed by atoms with Crippen LogP contribution in [0.2, 0.25) is 0 Å². The van der Waals surface area contributed by atoms with Crippen LogP contribution in [0.1, 0.15) is 21.5 Å². The first-order chi connectivity index (χ1) is 17.0. The van der Waals surface area contributed by atoms with Crippen LogP contribution in [0.5, 0.6) is 0 Å². The maximum atomic E-state index is 12.9. The van der Waals surface area contributed by atoms with E-state index in [1.807, 2.05) is 86.6 Å². The molecule has 0 unspecified atom stereocenters. The summed E-state index contributed by atoms with van der Waals surface area (Å²) in [5.74, 6) is 0.203. The summed E-state index contributed by atoms with van der Waals surface area (Å²) in [6.07, 6.45) is 0. The average Bonchev–Trinajstić information content (AvgIpc) is 2.86. The summed E-state index contributed by atoms with van der Waals surface area (Å²) >= 11 is 0. The van der Waals surface area contributed by atoms with Crippen LogP contribution in [0, 0.1) is 13.8 Å². The van der Waals surface area contributed by atoms with Crippen molar-refractivity contribution in [3.05, 3.63) is 108 Å². The second-order valence-electron chi connectivity index (χ2n) is 8.43. The molecule has 6 heteroatoms. The molecule has 0 atom stereocenters. The minimum atomic E-state index is -0.250. The number of carbonyl (C=O) groups excluding carboxylic acids is 1. The summed E-state index contributed by atoms with van der Waals surface area (Å²) in [7, 11) is 0. The Morgan fingerprint density at radius 3 is 2.26 bits per heavy atom. The lowest BCUT2D eigenvalue weighted by atomic mass is 10.1. The van der Waals surface area contributed by atoms with Crippen molar-refractivity contribution in [2.24, 2.45) is 0 Å². The molecule has 1 amide bonds. The van der Waals surface area contributed by atoms with Crippen molar-refractivity contribution in [2.75, 3.05) is 16.4 Å². The molecule has 0 saturated heterocycles. The van der Waals surface area contributed by atoms with E-state index >= 15 is 0 Å². The Morgan fingerprint density at radius 1 is 0.800 bits per heavy atom. The van der Waals surface area contributed by atoms with Crippen LogP contribution < -0.4 is 16.4 Å². The molecule has 0 spiro atoms. The Hall–Kier alpha value is -4.71. The van der Waals surface area contributed by atoms with Gasteiger partial charge in [0.25, 0.3) is 5.91 Å². The zero-order chi connectivity index (χ0) is 24.4. The van der Waals surface area contributed by atoms with Gasteiger partial charge in [0.1, 0.15) is 0 Å². The van der Waals surface area contributed by atoms with Crippen molar-refractivity contribution in [3.63, 3.8) is 0 Å². The fraction of sp³-hybridized carbons (Fsp3) is 0.0690. The van der Waals surface area contributed by atoms with Gasteiger partial charge in [0.05, 0.1) is 16.8 Å². The molecule has 0 saturated carbocycles. The topological polar surface area (TPSA) is 92.9 Å². The molecule has 0 aliphatic carbocycles. The number of hydrogen-bond acceptors (Lipinski definition) is 5. The zero-order valence-electron chi connectivity index (χ0n) is 19.5. The van der Waals surface area contributed by atoms with Crippen LogP contribution in [0.25, 0.3) is 22.2 Å². The summed E-state index contributed by atoms with van der Waals surface area (Å²) < 4.78 is 0. The first kappa shape index (κ1) is 22.1. The first-order valence-electron chi connectivity index (χ1n) is 11.4. The van der Waals surface area contributed by atoms with Gasteiger partial charge in [-0.25, -0.2) is 9.97 Å². The zero-order valence-corrected chi connectivity index (χ0v) is 19.5. The summed E-state index contributed by atoms with van der Waals surface area (Å²) in [6.45, 7) is 3.93. The molecule has 35 heavy (non-hydrogen) atoms. The summed E-state index contributed by atoms with van der Waals surface area (Å²) in [5.41, 5.74) is 13.2. The van der Waals surface area contributed by atoms with E-state index < -0.39 is 0 Å². The van der Waals surface area contributed by atoms with Crippen LogP contribution >= 0.6 is 0 Å². The fourth-order valence-electron chi connectivity index (χ4n) is 4.12. The molecule has 5 rings (SSSR count). The number of amides is 1. The number of para-hydroxylation sites is 2. The van der Waals surface area contributed by atoms with Crippen molar-refractivity contribution in [1.82, 2.24) is 9.97 Å². The molecule has 0 bridgehead atoms. The first-order valence-corrected chi connectivity index (χ1v) is 11.4. The predicted octanol–water partition coefficient (Wildman–Crippen LogP) is 6.49. The molecule has 4 N–H and O–H groups in total. The molecule has 0 aliphatic heterocycles. The predicted molar refractivity (Wildman–Crippen MR) is 143 cm³/mol. The highest BCUT2D eigenvalue weighted by atomic mass is 16.1. The second kappa shape index (κ2) is 9.27. The van der Waals surface area contributed by atoms with Crippen molar-refractivity contribution >= 4 is 39.8 Å². The highest BCUT2D eigenvalue weighted by molar-refractivity contribution is 6.08. The minimum Gasteiger partial charge on any atom is -0.398 e. The van der Waals surface area contributed by atoms with Crippen molar-refractivity contribution < 1.29 is 4.79 Å². The maximum absolute atomic E-state index is 12.9. The van der Waals surface area contributed by atoms with E-state index in [0.717, 1.165) is 39.0 Å². The number of aromatic nitrogens is 2. The second-order valence-corrected chi connectivity index (χ2v) is 8.43. The molecule has 5 aromatic rings. The number of fused-ring (bicyclic) bond motifs is 1. The molecule has 0 radical (unpaired) electrons. The lowest BCUT2D eigenvalue weighted by Crippen LogP contribution is -2.15. The van der Waals surface area contributed by atoms with Crippen LogP contribution in [-0.2, 0) is 0 Å². The quantitative estimate of drug-likeness (QED) is 0.261. The van der Waals surface area contributed by atoms with Crippen LogP contribution in [0.4, 0.5) is 23.0 Å². The van der Waals surface area contributed by atoms with Crippen LogP contribution in [-0.4, -0.2) is 15.9 Å². The Kier molecular flexibility index (Phi) is 5.85. The largest absolute Gasteiger partial charge is 0.398 e. The maximum Gasteiger partial charge on any atom is 0.257 e. The monoisotopic (exact) mass is 459 g/mol. The van der Waals surface area contributed by atoms with E-state index in [0.29, 0.717) is 22.9 Å². The van der Waals surface area contributed by atoms with Gasteiger partial charge in [0.2, 0.25) is 5.95 Å².